The molecule has 2 aromatic carbocycles. The molecule has 0 saturated carbocycles. The van der Waals surface area contributed by atoms with Gasteiger partial charge in [0.1, 0.15) is 24.0 Å². The molecule has 2 aromatic rings. The summed E-state index contributed by atoms with van der Waals surface area (Å²) in [7, 11) is 1.34. The molecule has 0 saturated heterocycles. The summed E-state index contributed by atoms with van der Waals surface area (Å²) in [6.45, 7) is 2.23. The maximum absolute atomic E-state index is 11.6. The fraction of sp³-hybridized carbons (Fsp3) is 0.190. The lowest BCUT2D eigenvalue weighted by atomic mass is 10.1. The molecule has 0 fully saturated rings. The third-order valence-corrected chi connectivity index (χ3v) is 3.59. The van der Waals surface area contributed by atoms with Gasteiger partial charge in [0.2, 0.25) is 0 Å². The largest absolute Gasteiger partial charge is 0.489 e. The molecule has 0 amide bonds. The predicted molar refractivity (Wildman–Crippen MR) is 98.8 cm³/mol. The van der Waals surface area contributed by atoms with Crippen LogP contribution < -0.4 is 4.74 Å². The van der Waals surface area contributed by atoms with Crippen molar-refractivity contribution < 1.29 is 23.8 Å². The molecule has 2 rings (SSSR count). The highest BCUT2D eigenvalue weighted by atomic mass is 16.5. The summed E-state index contributed by atoms with van der Waals surface area (Å²) in [6.07, 6.45) is 1.47. The van der Waals surface area contributed by atoms with Gasteiger partial charge < -0.3 is 14.2 Å². The lowest BCUT2D eigenvalue weighted by Gasteiger charge is -2.07. The molecule has 0 unspecified atom stereocenters. The van der Waals surface area contributed by atoms with Crippen LogP contribution in [-0.4, -0.2) is 25.7 Å². The van der Waals surface area contributed by atoms with Crippen molar-refractivity contribution in [1.29, 1.82) is 5.26 Å². The first-order chi connectivity index (χ1) is 13.1. The van der Waals surface area contributed by atoms with Crippen molar-refractivity contribution in [3.8, 4) is 11.8 Å². The SMILES string of the molecule is CCOC(=O)/C(C#N)=C/c1ccc(OCc2ccc(C(=O)OC)cc2)cc1. The number of rotatable bonds is 7. The Balaban J connectivity index is 1.98. The second-order valence-electron chi connectivity index (χ2n) is 5.44. The Morgan fingerprint density at radius 1 is 1.07 bits per heavy atom. The van der Waals surface area contributed by atoms with Crippen LogP contribution in [-0.2, 0) is 20.9 Å². The Labute approximate surface area is 157 Å². The van der Waals surface area contributed by atoms with Crippen LogP contribution in [0.25, 0.3) is 6.08 Å². The Kier molecular flexibility index (Phi) is 7.15. The summed E-state index contributed by atoms with van der Waals surface area (Å²) >= 11 is 0. The molecule has 0 spiro atoms. The Morgan fingerprint density at radius 3 is 2.30 bits per heavy atom. The van der Waals surface area contributed by atoms with Gasteiger partial charge in [0, 0.05) is 0 Å². The molecule has 27 heavy (non-hydrogen) atoms. The highest BCUT2D eigenvalue weighted by Crippen LogP contribution is 2.17. The monoisotopic (exact) mass is 365 g/mol. The van der Waals surface area contributed by atoms with E-state index >= 15 is 0 Å². The average molecular weight is 365 g/mol. The van der Waals surface area contributed by atoms with Crippen LogP contribution in [0.5, 0.6) is 5.75 Å². The minimum absolute atomic E-state index is 0.0591. The summed E-state index contributed by atoms with van der Waals surface area (Å²) in [6, 6.07) is 15.8. The zero-order chi connectivity index (χ0) is 19.6. The smallest absolute Gasteiger partial charge is 0.348 e. The van der Waals surface area contributed by atoms with E-state index in [9.17, 15) is 9.59 Å². The van der Waals surface area contributed by atoms with Crippen LogP contribution >= 0.6 is 0 Å². The molecule has 0 aliphatic carbocycles. The van der Waals surface area contributed by atoms with Crippen molar-refractivity contribution in [2.24, 2.45) is 0 Å². The molecule has 6 heteroatoms. The van der Waals surface area contributed by atoms with Gasteiger partial charge in [-0.25, -0.2) is 9.59 Å². The Bertz CT molecular complexity index is 861. The summed E-state index contributed by atoms with van der Waals surface area (Å²) in [5.41, 5.74) is 2.01. The van der Waals surface area contributed by atoms with E-state index in [4.69, 9.17) is 14.7 Å². The van der Waals surface area contributed by atoms with Crippen molar-refractivity contribution in [1.82, 2.24) is 0 Å². The van der Waals surface area contributed by atoms with Gasteiger partial charge in [-0.15, -0.1) is 0 Å². The molecule has 0 aliphatic rings. The maximum atomic E-state index is 11.6. The van der Waals surface area contributed by atoms with Gasteiger partial charge >= 0.3 is 11.9 Å². The van der Waals surface area contributed by atoms with Crippen molar-refractivity contribution in [3.05, 3.63) is 70.8 Å². The number of carbonyl (C=O) groups is 2. The molecule has 0 heterocycles. The van der Waals surface area contributed by atoms with E-state index in [0.717, 1.165) is 5.56 Å². The lowest BCUT2D eigenvalue weighted by molar-refractivity contribution is -0.137. The number of hydrogen-bond acceptors (Lipinski definition) is 6. The van der Waals surface area contributed by atoms with Crippen molar-refractivity contribution in [2.75, 3.05) is 13.7 Å². The molecular formula is C21H19NO5. The summed E-state index contributed by atoms with van der Waals surface area (Å²) in [5, 5.41) is 9.05. The summed E-state index contributed by atoms with van der Waals surface area (Å²) in [4.78, 5) is 23.0. The third kappa shape index (κ3) is 5.72. The van der Waals surface area contributed by atoms with Gasteiger partial charge in [-0.1, -0.05) is 24.3 Å². The van der Waals surface area contributed by atoms with Crippen LogP contribution in [0.1, 0.15) is 28.4 Å². The zero-order valence-corrected chi connectivity index (χ0v) is 15.1. The number of nitriles is 1. The normalized spacial score (nSPS) is 10.6. The van der Waals surface area contributed by atoms with Gasteiger partial charge in [-0.3, -0.25) is 0 Å². The fourth-order valence-electron chi connectivity index (χ4n) is 2.19. The third-order valence-electron chi connectivity index (χ3n) is 3.59. The molecule has 0 bridgehead atoms. The van der Waals surface area contributed by atoms with Crippen LogP contribution in [0.3, 0.4) is 0 Å². The average Bonchev–Trinajstić information content (AvgIpc) is 2.71. The molecule has 6 nitrogen and oxygen atoms in total. The van der Waals surface area contributed by atoms with Gasteiger partial charge in [-0.2, -0.15) is 5.26 Å². The van der Waals surface area contributed by atoms with E-state index in [1.807, 2.05) is 6.07 Å². The number of nitrogens with zero attached hydrogens (tertiary/aromatic N) is 1. The number of hydrogen-bond donors (Lipinski definition) is 0. The second kappa shape index (κ2) is 9.78. The van der Waals surface area contributed by atoms with E-state index < -0.39 is 5.97 Å². The van der Waals surface area contributed by atoms with E-state index in [2.05, 4.69) is 4.74 Å². The van der Waals surface area contributed by atoms with Gasteiger partial charge in [0.15, 0.2) is 0 Å². The lowest BCUT2D eigenvalue weighted by Crippen LogP contribution is -2.05. The molecule has 138 valence electrons. The van der Waals surface area contributed by atoms with Crippen molar-refractivity contribution >= 4 is 18.0 Å². The first kappa shape index (κ1) is 19.7. The van der Waals surface area contributed by atoms with Crippen LogP contribution in [0, 0.1) is 11.3 Å². The maximum Gasteiger partial charge on any atom is 0.348 e. The standard InChI is InChI=1S/C21H19NO5/c1-3-26-21(24)18(13-22)12-15-6-10-19(11-7-15)27-14-16-4-8-17(9-5-16)20(23)25-2/h4-12H,3,14H2,1-2H3/b18-12+. The van der Waals surface area contributed by atoms with Crippen LogP contribution in [0.15, 0.2) is 54.1 Å². The van der Waals surface area contributed by atoms with Gasteiger partial charge in [0.25, 0.3) is 0 Å². The second-order valence-corrected chi connectivity index (χ2v) is 5.44. The zero-order valence-electron chi connectivity index (χ0n) is 15.1. The number of esters is 2. The highest BCUT2D eigenvalue weighted by Gasteiger charge is 2.09. The number of ether oxygens (including phenoxy) is 3. The minimum Gasteiger partial charge on any atom is -0.489 e. The Hall–Kier alpha value is -3.59. The fourth-order valence-corrected chi connectivity index (χ4v) is 2.19. The van der Waals surface area contributed by atoms with Crippen LogP contribution in [0.4, 0.5) is 0 Å². The molecule has 0 radical (unpaired) electrons. The topological polar surface area (TPSA) is 85.6 Å². The predicted octanol–water partition coefficient (Wildman–Crippen LogP) is 3.52. The number of benzene rings is 2. The number of carbonyl (C=O) groups excluding carboxylic acids is 2. The van der Waals surface area contributed by atoms with Gasteiger partial charge in [0.05, 0.1) is 19.3 Å². The first-order valence-corrected chi connectivity index (χ1v) is 8.26. The van der Waals surface area contributed by atoms with Crippen molar-refractivity contribution in [3.63, 3.8) is 0 Å². The Morgan fingerprint density at radius 2 is 1.74 bits per heavy atom. The van der Waals surface area contributed by atoms with E-state index in [-0.39, 0.29) is 18.1 Å². The summed E-state index contributed by atoms with van der Waals surface area (Å²) in [5.74, 6) is -0.389. The molecule has 0 N–H and O–H groups in total. The van der Waals surface area contributed by atoms with Crippen LogP contribution in [0.2, 0.25) is 0 Å². The summed E-state index contributed by atoms with van der Waals surface area (Å²) < 4.78 is 15.2. The van der Waals surface area contributed by atoms with Gasteiger partial charge in [-0.05, 0) is 48.4 Å². The highest BCUT2D eigenvalue weighted by molar-refractivity contribution is 5.97. The van der Waals surface area contributed by atoms with E-state index in [0.29, 0.717) is 23.5 Å². The quantitative estimate of drug-likeness (QED) is 0.424. The minimum atomic E-state index is -0.643. The van der Waals surface area contributed by atoms with Crippen molar-refractivity contribution in [2.45, 2.75) is 13.5 Å². The number of methoxy groups -OCH3 is 1. The first-order valence-electron chi connectivity index (χ1n) is 8.26. The molecule has 0 aromatic heterocycles. The molecular weight excluding hydrogens is 346 g/mol. The van der Waals surface area contributed by atoms with E-state index in [1.54, 1.807) is 55.5 Å². The molecule has 0 aliphatic heterocycles. The van der Waals surface area contributed by atoms with E-state index in [1.165, 1.54) is 13.2 Å². The molecule has 0 atom stereocenters.